The minimum absolute atomic E-state index is 0.0413. The largest absolute Gasteiger partial charge is 0.321 e. The van der Waals surface area contributed by atoms with Crippen molar-refractivity contribution in [2.75, 3.05) is 0 Å². The molecule has 4 heteroatoms. The predicted octanol–water partition coefficient (Wildman–Crippen LogP) is 1.99. The Hall–Kier alpha value is -0.770. The number of hydrogen-bond donors (Lipinski definition) is 1. The molecule has 0 fully saturated rings. The van der Waals surface area contributed by atoms with Crippen molar-refractivity contribution >= 4 is 28.9 Å². The summed E-state index contributed by atoms with van der Waals surface area (Å²) in [4.78, 5) is 22.3. The number of thiocarbonyl (C=S) groups is 1. The van der Waals surface area contributed by atoms with Gasteiger partial charge in [-0.15, -0.1) is 0 Å². The highest BCUT2D eigenvalue weighted by Gasteiger charge is 2.02. The summed E-state index contributed by atoms with van der Waals surface area (Å²) in [6.07, 6.45) is 3.23. The van der Waals surface area contributed by atoms with Crippen molar-refractivity contribution in [3.8, 4) is 0 Å². The van der Waals surface area contributed by atoms with Crippen molar-refractivity contribution < 1.29 is 9.59 Å². The van der Waals surface area contributed by atoms with E-state index in [4.69, 9.17) is 12.2 Å². The third-order valence-corrected chi connectivity index (χ3v) is 2.17. The molecule has 0 radical (unpaired) electrons. The van der Waals surface area contributed by atoms with E-state index in [1.165, 1.54) is 0 Å². The van der Waals surface area contributed by atoms with Crippen molar-refractivity contribution in [1.82, 2.24) is 5.32 Å². The highest BCUT2D eigenvalue weighted by Crippen LogP contribution is 2.00. The van der Waals surface area contributed by atoms with Crippen LogP contribution in [0.15, 0.2) is 0 Å². The van der Waals surface area contributed by atoms with E-state index >= 15 is 0 Å². The molecule has 1 N–H and O–H groups in total. The number of carbonyl (C=O) groups excluding carboxylic acids is 2. The number of unbranched alkanes of at least 4 members (excludes halogenated alkanes) is 1. The molecule has 0 aromatic carbocycles. The van der Waals surface area contributed by atoms with Crippen LogP contribution in [0, 0.1) is 0 Å². The lowest BCUT2D eigenvalue weighted by molar-refractivity contribution is -0.120. The SMILES string of the molecule is CCC(=S)NC(=O)CCCCC(C)=O. The van der Waals surface area contributed by atoms with Gasteiger partial charge in [0, 0.05) is 12.8 Å². The molecule has 0 bridgehead atoms. The van der Waals surface area contributed by atoms with Gasteiger partial charge in [-0.1, -0.05) is 19.1 Å². The maximum absolute atomic E-state index is 11.2. The molecule has 0 aliphatic heterocycles. The van der Waals surface area contributed by atoms with E-state index in [0.717, 1.165) is 12.8 Å². The normalized spacial score (nSPS) is 9.57. The number of hydrogen-bond acceptors (Lipinski definition) is 3. The van der Waals surface area contributed by atoms with Crippen LogP contribution in [0.1, 0.15) is 46.0 Å². The Morgan fingerprint density at radius 3 is 2.29 bits per heavy atom. The van der Waals surface area contributed by atoms with Gasteiger partial charge in [-0.3, -0.25) is 4.79 Å². The molecule has 0 aliphatic carbocycles. The summed E-state index contributed by atoms with van der Waals surface area (Å²) in [5.41, 5.74) is 0. The van der Waals surface area contributed by atoms with Crippen LogP contribution in [0.5, 0.6) is 0 Å². The molecule has 1 amide bonds. The summed E-state index contributed by atoms with van der Waals surface area (Å²) >= 11 is 4.87. The van der Waals surface area contributed by atoms with Crippen LogP contribution in [0.4, 0.5) is 0 Å². The van der Waals surface area contributed by atoms with E-state index in [9.17, 15) is 9.59 Å². The van der Waals surface area contributed by atoms with E-state index in [1.807, 2.05) is 6.92 Å². The lowest BCUT2D eigenvalue weighted by Crippen LogP contribution is -2.27. The molecule has 0 aromatic rings. The summed E-state index contributed by atoms with van der Waals surface area (Å²) in [5, 5.41) is 2.63. The van der Waals surface area contributed by atoms with Crippen LogP contribution in [0.2, 0.25) is 0 Å². The first-order valence-electron chi connectivity index (χ1n) is 4.88. The standard InChI is InChI=1S/C10H17NO2S/c1-3-10(14)11-9(13)7-5-4-6-8(2)12/h3-7H2,1-2H3,(H,11,13,14). The number of amides is 1. The van der Waals surface area contributed by atoms with Crippen LogP contribution in [0.25, 0.3) is 0 Å². The maximum atomic E-state index is 11.2. The molecule has 3 nitrogen and oxygen atoms in total. The summed E-state index contributed by atoms with van der Waals surface area (Å²) in [6.45, 7) is 3.46. The highest BCUT2D eigenvalue weighted by atomic mass is 32.1. The van der Waals surface area contributed by atoms with Gasteiger partial charge in [0.2, 0.25) is 5.91 Å². The lowest BCUT2D eigenvalue weighted by Gasteiger charge is -2.03. The molecular formula is C10H17NO2S. The highest BCUT2D eigenvalue weighted by molar-refractivity contribution is 7.80. The van der Waals surface area contributed by atoms with Gasteiger partial charge in [0.25, 0.3) is 0 Å². The minimum atomic E-state index is -0.0413. The molecule has 0 aromatic heterocycles. The molecule has 0 unspecified atom stereocenters. The first-order valence-corrected chi connectivity index (χ1v) is 5.29. The number of rotatable bonds is 6. The Balaban J connectivity index is 3.45. The average Bonchev–Trinajstić information content (AvgIpc) is 2.12. The van der Waals surface area contributed by atoms with Gasteiger partial charge in [-0.2, -0.15) is 0 Å². The molecule has 0 rings (SSSR count). The summed E-state index contributed by atoms with van der Waals surface area (Å²) in [6, 6.07) is 0. The van der Waals surface area contributed by atoms with Crippen LogP contribution in [0.3, 0.4) is 0 Å². The van der Waals surface area contributed by atoms with Crippen molar-refractivity contribution in [3.05, 3.63) is 0 Å². The van der Waals surface area contributed by atoms with E-state index in [1.54, 1.807) is 6.92 Å². The van der Waals surface area contributed by atoms with Gasteiger partial charge in [0.1, 0.15) is 5.78 Å². The molecule has 0 heterocycles. The van der Waals surface area contributed by atoms with Gasteiger partial charge in [-0.05, 0) is 26.2 Å². The van der Waals surface area contributed by atoms with Gasteiger partial charge in [0.15, 0.2) is 0 Å². The monoisotopic (exact) mass is 215 g/mol. The fourth-order valence-corrected chi connectivity index (χ4v) is 1.08. The molecular weight excluding hydrogens is 198 g/mol. The van der Waals surface area contributed by atoms with E-state index in [0.29, 0.717) is 24.3 Å². The predicted molar refractivity (Wildman–Crippen MR) is 60.2 cm³/mol. The van der Waals surface area contributed by atoms with Crippen molar-refractivity contribution in [3.63, 3.8) is 0 Å². The molecule has 80 valence electrons. The third kappa shape index (κ3) is 7.86. The maximum Gasteiger partial charge on any atom is 0.224 e. The Labute approximate surface area is 90.3 Å². The zero-order chi connectivity index (χ0) is 11.0. The Morgan fingerprint density at radius 1 is 1.21 bits per heavy atom. The number of carbonyl (C=O) groups is 2. The first-order chi connectivity index (χ1) is 6.56. The number of Topliss-reactive ketones (excluding diaryl/α,β-unsaturated/α-hetero) is 1. The average molecular weight is 215 g/mol. The molecule has 0 saturated carbocycles. The first kappa shape index (κ1) is 13.2. The summed E-state index contributed by atoms with van der Waals surface area (Å²) in [7, 11) is 0. The van der Waals surface area contributed by atoms with Gasteiger partial charge < -0.3 is 10.1 Å². The van der Waals surface area contributed by atoms with Crippen molar-refractivity contribution in [2.45, 2.75) is 46.0 Å². The van der Waals surface area contributed by atoms with Crippen LogP contribution in [-0.2, 0) is 9.59 Å². The fourth-order valence-electron chi connectivity index (χ4n) is 0.966. The van der Waals surface area contributed by atoms with E-state index in [-0.39, 0.29) is 11.7 Å². The van der Waals surface area contributed by atoms with E-state index in [2.05, 4.69) is 5.32 Å². The zero-order valence-electron chi connectivity index (χ0n) is 8.76. The Bertz CT molecular complexity index is 226. The zero-order valence-corrected chi connectivity index (χ0v) is 9.58. The van der Waals surface area contributed by atoms with Crippen LogP contribution in [-0.4, -0.2) is 16.7 Å². The third-order valence-electron chi connectivity index (χ3n) is 1.78. The Morgan fingerprint density at radius 2 is 1.79 bits per heavy atom. The molecule has 0 aliphatic rings. The minimum Gasteiger partial charge on any atom is -0.321 e. The van der Waals surface area contributed by atoms with Gasteiger partial charge >= 0.3 is 0 Å². The number of nitrogens with one attached hydrogen (secondary N) is 1. The second-order valence-electron chi connectivity index (χ2n) is 3.23. The van der Waals surface area contributed by atoms with E-state index < -0.39 is 0 Å². The topological polar surface area (TPSA) is 46.2 Å². The Kier molecular flexibility index (Phi) is 7.20. The second-order valence-corrected chi connectivity index (χ2v) is 3.73. The van der Waals surface area contributed by atoms with Crippen molar-refractivity contribution in [1.29, 1.82) is 0 Å². The quantitative estimate of drug-likeness (QED) is 0.544. The second kappa shape index (κ2) is 7.62. The molecule has 0 saturated heterocycles. The van der Waals surface area contributed by atoms with Crippen LogP contribution < -0.4 is 5.32 Å². The molecule has 14 heavy (non-hydrogen) atoms. The van der Waals surface area contributed by atoms with Gasteiger partial charge in [0.05, 0.1) is 4.99 Å². The number of ketones is 1. The summed E-state index contributed by atoms with van der Waals surface area (Å²) < 4.78 is 0. The molecule has 0 spiro atoms. The van der Waals surface area contributed by atoms with Crippen LogP contribution >= 0.6 is 12.2 Å². The smallest absolute Gasteiger partial charge is 0.224 e. The summed E-state index contributed by atoms with van der Waals surface area (Å²) in [5.74, 6) is 0.134. The lowest BCUT2D eigenvalue weighted by atomic mass is 10.1. The van der Waals surface area contributed by atoms with Gasteiger partial charge in [-0.25, -0.2) is 0 Å². The fraction of sp³-hybridized carbons (Fsp3) is 0.700. The van der Waals surface area contributed by atoms with Crippen molar-refractivity contribution in [2.24, 2.45) is 0 Å². The molecule has 0 atom stereocenters.